The van der Waals surface area contributed by atoms with Crippen LogP contribution in [-0.2, 0) is 16.4 Å². The van der Waals surface area contributed by atoms with Crippen LogP contribution in [0.2, 0.25) is 0 Å². The molecule has 5 nitrogen and oxygen atoms in total. The van der Waals surface area contributed by atoms with E-state index in [1.165, 1.54) is 24.9 Å². The van der Waals surface area contributed by atoms with Crippen LogP contribution < -0.4 is 9.64 Å². The van der Waals surface area contributed by atoms with Gasteiger partial charge < -0.3 is 9.64 Å². The van der Waals surface area contributed by atoms with Crippen molar-refractivity contribution in [3.05, 3.63) is 60.2 Å². The van der Waals surface area contributed by atoms with E-state index in [9.17, 15) is 8.42 Å². The lowest BCUT2D eigenvalue weighted by molar-refractivity contribution is 0.135. The summed E-state index contributed by atoms with van der Waals surface area (Å²) in [7, 11) is -3.23. The van der Waals surface area contributed by atoms with Crippen LogP contribution in [0.1, 0.15) is 37.7 Å². The summed E-state index contributed by atoms with van der Waals surface area (Å²) in [6.07, 6.45) is 5.86. The lowest BCUT2D eigenvalue weighted by Gasteiger charge is -2.34. The molecule has 2 saturated heterocycles. The molecule has 4 rings (SSSR count). The van der Waals surface area contributed by atoms with Crippen LogP contribution in [0.25, 0.3) is 0 Å². The molecule has 6 heteroatoms. The van der Waals surface area contributed by atoms with Crippen molar-refractivity contribution in [1.82, 2.24) is 4.31 Å². The second kappa shape index (κ2) is 9.84. The van der Waals surface area contributed by atoms with E-state index in [-0.39, 0.29) is 11.9 Å². The predicted octanol–water partition coefficient (Wildman–Crippen LogP) is 4.09. The van der Waals surface area contributed by atoms with Crippen molar-refractivity contribution in [3.63, 3.8) is 0 Å². The van der Waals surface area contributed by atoms with Crippen LogP contribution in [0.15, 0.2) is 54.6 Å². The van der Waals surface area contributed by atoms with Gasteiger partial charge in [0.25, 0.3) is 0 Å². The van der Waals surface area contributed by atoms with Gasteiger partial charge >= 0.3 is 0 Å². The number of ether oxygens (including phenoxy) is 1. The van der Waals surface area contributed by atoms with Crippen LogP contribution in [0.3, 0.4) is 0 Å². The molecule has 2 fully saturated rings. The van der Waals surface area contributed by atoms with Crippen molar-refractivity contribution >= 4 is 15.7 Å². The third-order valence-corrected chi connectivity index (χ3v) is 8.01. The summed E-state index contributed by atoms with van der Waals surface area (Å²) < 4.78 is 33.5. The van der Waals surface area contributed by atoms with Crippen LogP contribution in [0.5, 0.6) is 5.75 Å². The zero-order valence-corrected chi connectivity index (χ0v) is 18.4. The molecule has 30 heavy (non-hydrogen) atoms. The maximum atomic E-state index is 12.8. The summed E-state index contributed by atoms with van der Waals surface area (Å²) in [4.78, 5) is 2.42. The van der Waals surface area contributed by atoms with Crippen LogP contribution >= 0.6 is 0 Å². The Morgan fingerprint density at radius 3 is 2.23 bits per heavy atom. The molecular weight excluding hydrogens is 396 g/mol. The Morgan fingerprint density at radius 2 is 1.50 bits per heavy atom. The largest absolute Gasteiger partial charge is 0.488 e. The minimum atomic E-state index is -3.23. The summed E-state index contributed by atoms with van der Waals surface area (Å²) in [5.41, 5.74) is 2.24. The van der Waals surface area contributed by atoms with Gasteiger partial charge in [0.1, 0.15) is 11.9 Å². The smallest absolute Gasteiger partial charge is 0.214 e. The molecule has 0 N–H and O–H groups in total. The molecule has 0 aromatic heterocycles. The van der Waals surface area contributed by atoms with Crippen molar-refractivity contribution in [2.24, 2.45) is 0 Å². The van der Waals surface area contributed by atoms with Gasteiger partial charge in [-0.25, -0.2) is 12.7 Å². The molecule has 2 aromatic rings. The Labute approximate surface area is 180 Å². The van der Waals surface area contributed by atoms with Crippen molar-refractivity contribution in [3.8, 4) is 5.75 Å². The molecule has 2 aromatic carbocycles. The van der Waals surface area contributed by atoms with Gasteiger partial charge in [0.15, 0.2) is 0 Å². The summed E-state index contributed by atoms with van der Waals surface area (Å²) in [5, 5.41) is 0. The number of anilines is 1. The molecule has 0 unspecified atom stereocenters. The van der Waals surface area contributed by atoms with Gasteiger partial charge in [0.2, 0.25) is 10.0 Å². The Morgan fingerprint density at radius 1 is 0.833 bits per heavy atom. The molecule has 2 heterocycles. The molecule has 0 saturated carbocycles. The second-order valence-corrected chi connectivity index (χ2v) is 10.4. The van der Waals surface area contributed by atoms with E-state index >= 15 is 0 Å². The number of benzene rings is 2. The number of aryl methyl sites for hydroxylation is 1. The Kier molecular flexibility index (Phi) is 6.95. The maximum Gasteiger partial charge on any atom is 0.214 e. The fourth-order valence-electron chi connectivity index (χ4n) is 4.38. The molecule has 2 aliphatic heterocycles. The highest BCUT2D eigenvalue weighted by Gasteiger charge is 2.29. The van der Waals surface area contributed by atoms with Gasteiger partial charge in [0.05, 0.1) is 11.4 Å². The highest BCUT2D eigenvalue weighted by atomic mass is 32.2. The fraction of sp³-hybridized carbons (Fsp3) is 0.500. The van der Waals surface area contributed by atoms with E-state index in [4.69, 9.17) is 4.74 Å². The minimum absolute atomic E-state index is 0.0662. The van der Waals surface area contributed by atoms with Gasteiger partial charge in [-0.2, -0.15) is 0 Å². The highest BCUT2D eigenvalue weighted by Crippen LogP contribution is 2.32. The van der Waals surface area contributed by atoms with E-state index < -0.39 is 10.0 Å². The predicted molar refractivity (Wildman–Crippen MR) is 122 cm³/mol. The normalized spacial score (nSPS) is 19.0. The van der Waals surface area contributed by atoms with E-state index in [0.29, 0.717) is 19.5 Å². The molecule has 0 amide bonds. The number of sulfonamides is 1. The fourth-order valence-corrected chi connectivity index (χ4v) is 5.90. The number of hydrogen-bond acceptors (Lipinski definition) is 4. The van der Waals surface area contributed by atoms with Crippen molar-refractivity contribution in [2.75, 3.05) is 36.8 Å². The summed E-state index contributed by atoms with van der Waals surface area (Å²) >= 11 is 0. The van der Waals surface area contributed by atoms with Gasteiger partial charge in [0, 0.05) is 26.2 Å². The molecule has 0 atom stereocenters. The topological polar surface area (TPSA) is 49.9 Å². The van der Waals surface area contributed by atoms with Gasteiger partial charge in [-0.15, -0.1) is 0 Å². The van der Waals surface area contributed by atoms with E-state index in [0.717, 1.165) is 37.2 Å². The average molecular weight is 429 g/mol. The first-order chi connectivity index (χ1) is 14.6. The SMILES string of the molecule is O=S(=O)(CCc1ccccc1)N1CCC(Oc2ccccc2N2CCCCC2)CC1. The number of nitrogens with zero attached hydrogens (tertiary/aromatic N) is 2. The lowest BCUT2D eigenvalue weighted by atomic mass is 10.1. The van der Waals surface area contributed by atoms with E-state index in [2.05, 4.69) is 17.0 Å². The minimum Gasteiger partial charge on any atom is -0.488 e. The van der Waals surface area contributed by atoms with Gasteiger partial charge in [-0.1, -0.05) is 42.5 Å². The van der Waals surface area contributed by atoms with Gasteiger partial charge in [-0.3, -0.25) is 0 Å². The summed E-state index contributed by atoms with van der Waals surface area (Å²) in [5.74, 6) is 1.10. The molecule has 0 bridgehead atoms. The van der Waals surface area contributed by atoms with E-state index in [1.807, 2.05) is 42.5 Å². The highest BCUT2D eigenvalue weighted by molar-refractivity contribution is 7.89. The number of rotatable bonds is 7. The van der Waals surface area contributed by atoms with Crippen LogP contribution in [0.4, 0.5) is 5.69 Å². The van der Waals surface area contributed by atoms with Crippen molar-refractivity contribution < 1.29 is 13.2 Å². The Balaban J connectivity index is 1.32. The van der Waals surface area contributed by atoms with Crippen LogP contribution in [0, 0.1) is 0 Å². The zero-order valence-electron chi connectivity index (χ0n) is 17.6. The first-order valence-corrected chi connectivity index (χ1v) is 12.8. The molecule has 0 radical (unpaired) electrons. The quantitative estimate of drug-likeness (QED) is 0.666. The Hall–Kier alpha value is -2.05. The standard InChI is InChI=1S/C24H32N2O3S/c27-30(28,20-15-21-9-3-1-4-10-21)26-18-13-22(14-19-26)29-24-12-6-5-11-23(24)25-16-7-2-8-17-25/h1,3-6,9-12,22H,2,7-8,13-20H2. The number of hydrogen-bond donors (Lipinski definition) is 0. The third kappa shape index (κ3) is 5.35. The number of para-hydroxylation sites is 2. The number of piperidine rings is 2. The summed E-state index contributed by atoms with van der Waals surface area (Å²) in [6.45, 7) is 3.23. The molecule has 2 aliphatic rings. The monoisotopic (exact) mass is 428 g/mol. The lowest BCUT2D eigenvalue weighted by Crippen LogP contribution is -2.43. The molecule has 0 aliphatic carbocycles. The maximum absolute atomic E-state index is 12.8. The van der Waals surface area contributed by atoms with E-state index in [1.54, 1.807) is 4.31 Å². The van der Waals surface area contributed by atoms with Crippen molar-refractivity contribution in [2.45, 2.75) is 44.6 Å². The Bertz CT molecular complexity index is 903. The van der Waals surface area contributed by atoms with Crippen molar-refractivity contribution in [1.29, 1.82) is 0 Å². The van der Waals surface area contributed by atoms with Crippen LogP contribution in [-0.4, -0.2) is 50.8 Å². The van der Waals surface area contributed by atoms with Gasteiger partial charge in [-0.05, 0) is 56.2 Å². The summed E-state index contributed by atoms with van der Waals surface area (Å²) in [6, 6.07) is 18.1. The average Bonchev–Trinajstić information content (AvgIpc) is 2.80. The third-order valence-electron chi connectivity index (χ3n) is 6.14. The second-order valence-electron chi connectivity index (χ2n) is 8.28. The molecular formula is C24H32N2O3S. The first kappa shape index (κ1) is 21.2. The first-order valence-electron chi connectivity index (χ1n) is 11.1. The zero-order chi connectivity index (χ0) is 20.8. The molecule has 162 valence electrons. The molecule has 0 spiro atoms.